The van der Waals surface area contributed by atoms with Crippen LogP contribution >= 0.6 is 0 Å². The lowest BCUT2D eigenvalue weighted by Crippen LogP contribution is -2.09. The van der Waals surface area contributed by atoms with Crippen LogP contribution in [0, 0.1) is 11.3 Å². The number of carbonyl (C=O) groups is 1. The van der Waals surface area contributed by atoms with Crippen molar-refractivity contribution in [1.29, 1.82) is 5.26 Å². The Balaban J connectivity index is 2.68. The quantitative estimate of drug-likeness (QED) is 0.738. The third-order valence-corrected chi connectivity index (χ3v) is 1.61. The first kappa shape index (κ1) is 10.1. The van der Waals surface area contributed by atoms with Crippen LogP contribution in [0.25, 0.3) is 0 Å². The third-order valence-electron chi connectivity index (χ3n) is 1.61. The zero-order chi connectivity index (χ0) is 10.4. The highest BCUT2D eigenvalue weighted by atomic mass is 16.7. The third kappa shape index (κ3) is 2.49. The molecule has 72 valence electrons. The molecule has 0 aliphatic rings. The molecule has 0 amide bonds. The number of rotatable bonds is 3. The van der Waals surface area contributed by atoms with Gasteiger partial charge in [-0.2, -0.15) is 5.26 Å². The number of anilines is 1. The summed E-state index contributed by atoms with van der Waals surface area (Å²) >= 11 is 0. The molecule has 4 nitrogen and oxygen atoms in total. The summed E-state index contributed by atoms with van der Waals surface area (Å²) in [5.41, 5.74) is 3.38. The van der Waals surface area contributed by atoms with Crippen LogP contribution in [0.3, 0.4) is 0 Å². The predicted octanol–water partition coefficient (Wildman–Crippen LogP) is 1.84. The van der Waals surface area contributed by atoms with Crippen LogP contribution < -0.4 is 5.48 Å². The maximum absolute atomic E-state index is 10.8. The van der Waals surface area contributed by atoms with E-state index >= 15 is 0 Å². The molecule has 0 heterocycles. The molecule has 0 aliphatic heterocycles. The van der Waals surface area contributed by atoms with E-state index in [4.69, 9.17) is 5.26 Å². The molecule has 0 aliphatic carbocycles. The smallest absolute Gasteiger partial charge is 0.331 e. The van der Waals surface area contributed by atoms with E-state index in [9.17, 15) is 4.79 Å². The Morgan fingerprint density at radius 2 is 2.29 bits per heavy atom. The van der Waals surface area contributed by atoms with Gasteiger partial charge < -0.3 is 4.84 Å². The van der Waals surface area contributed by atoms with Crippen molar-refractivity contribution in [3.8, 4) is 6.07 Å². The minimum atomic E-state index is -0.363. The lowest BCUT2D eigenvalue weighted by molar-refractivity contribution is -0.140. The second kappa shape index (κ2) is 4.87. The molecule has 0 fully saturated rings. The van der Waals surface area contributed by atoms with Crippen molar-refractivity contribution in [1.82, 2.24) is 0 Å². The second-order valence-electron chi connectivity index (χ2n) is 2.59. The van der Waals surface area contributed by atoms with Gasteiger partial charge in [-0.25, -0.2) is 10.3 Å². The fourth-order valence-corrected chi connectivity index (χ4v) is 0.854. The number of para-hydroxylation sites is 1. The molecule has 0 spiro atoms. The molecule has 1 aromatic rings. The van der Waals surface area contributed by atoms with E-state index in [0.717, 1.165) is 0 Å². The zero-order valence-electron chi connectivity index (χ0n) is 7.78. The normalized spacial score (nSPS) is 8.86. The average molecular weight is 190 g/mol. The fraction of sp³-hybridized carbons (Fsp3) is 0.200. The Kier molecular flexibility index (Phi) is 3.50. The lowest BCUT2D eigenvalue weighted by Gasteiger charge is -2.06. The Morgan fingerprint density at radius 1 is 1.57 bits per heavy atom. The van der Waals surface area contributed by atoms with E-state index in [-0.39, 0.29) is 5.97 Å². The molecule has 1 N–H and O–H groups in total. The Hall–Kier alpha value is -2.02. The summed E-state index contributed by atoms with van der Waals surface area (Å²) < 4.78 is 0. The summed E-state index contributed by atoms with van der Waals surface area (Å²) in [5, 5.41) is 8.71. The van der Waals surface area contributed by atoms with Crippen molar-refractivity contribution in [3.05, 3.63) is 29.8 Å². The SMILES string of the molecule is CCC(=O)ONc1ccccc1C#N. The summed E-state index contributed by atoms with van der Waals surface area (Å²) in [6, 6.07) is 8.79. The van der Waals surface area contributed by atoms with Gasteiger partial charge in [0.2, 0.25) is 0 Å². The zero-order valence-corrected chi connectivity index (χ0v) is 7.78. The summed E-state index contributed by atoms with van der Waals surface area (Å²) in [7, 11) is 0. The van der Waals surface area contributed by atoms with E-state index in [1.165, 1.54) is 0 Å². The van der Waals surface area contributed by atoms with Crippen LogP contribution in [0.4, 0.5) is 5.69 Å². The lowest BCUT2D eigenvalue weighted by atomic mass is 10.2. The maximum Gasteiger partial charge on any atom is 0.331 e. The van der Waals surface area contributed by atoms with Crippen LogP contribution in [-0.2, 0) is 9.63 Å². The molecule has 4 heteroatoms. The molecule has 1 aromatic carbocycles. The van der Waals surface area contributed by atoms with Gasteiger partial charge in [-0.05, 0) is 12.1 Å². The number of hydrogen-bond acceptors (Lipinski definition) is 4. The van der Waals surface area contributed by atoms with E-state index in [2.05, 4.69) is 10.3 Å². The minimum absolute atomic E-state index is 0.293. The highest BCUT2D eigenvalue weighted by Crippen LogP contribution is 2.13. The Morgan fingerprint density at radius 3 is 2.93 bits per heavy atom. The summed E-state index contributed by atoms with van der Waals surface area (Å²) in [6.45, 7) is 1.69. The molecule has 0 saturated heterocycles. The highest BCUT2D eigenvalue weighted by Gasteiger charge is 2.02. The summed E-state index contributed by atoms with van der Waals surface area (Å²) in [6.07, 6.45) is 0.293. The molecule has 0 aromatic heterocycles. The van der Waals surface area contributed by atoms with Crippen molar-refractivity contribution >= 4 is 11.7 Å². The first-order chi connectivity index (χ1) is 6.77. The monoisotopic (exact) mass is 190 g/mol. The molecule has 0 unspecified atom stereocenters. The van der Waals surface area contributed by atoms with Gasteiger partial charge in [0.05, 0.1) is 11.3 Å². The van der Waals surface area contributed by atoms with Crippen molar-refractivity contribution in [2.75, 3.05) is 5.48 Å². The molecule has 14 heavy (non-hydrogen) atoms. The van der Waals surface area contributed by atoms with Crippen LogP contribution in [0.15, 0.2) is 24.3 Å². The topological polar surface area (TPSA) is 62.1 Å². The first-order valence-electron chi connectivity index (χ1n) is 4.22. The van der Waals surface area contributed by atoms with Gasteiger partial charge in [-0.1, -0.05) is 19.1 Å². The molecule has 0 bridgehead atoms. The van der Waals surface area contributed by atoms with Crippen molar-refractivity contribution < 1.29 is 9.63 Å². The number of nitriles is 1. The van der Waals surface area contributed by atoms with Crippen LogP contribution in [0.2, 0.25) is 0 Å². The van der Waals surface area contributed by atoms with Crippen molar-refractivity contribution in [2.45, 2.75) is 13.3 Å². The number of hydrogen-bond donors (Lipinski definition) is 1. The van der Waals surface area contributed by atoms with Crippen LogP contribution in [0.1, 0.15) is 18.9 Å². The number of carbonyl (C=O) groups excluding carboxylic acids is 1. The molecular formula is C10H10N2O2. The predicted molar refractivity (Wildman–Crippen MR) is 51.2 cm³/mol. The van der Waals surface area contributed by atoms with Crippen LogP contribution in [-0.4, -0.2) is 5.97 Å². The number of nitrogens with one attached hydrogen (secondary N) is 1. The maximum atomic E-state index is 10.8. The molecule has 1 rings (SSSR count). The van der Waals surface area contributed by atoms with Gasteiger partial charge in [0.1, 0.15) is 6.07 Å². The van der Waals surface area contributed by atoms with Crippen molar-refractivity contribution in [3.63, 3.8) is 0 Å². The summed E-state index contributed by atoms with van der Waals surface area (Å²) in [4.78, 5) is 15.5. The molecule has 0 saturated carbocycles. The average Bonchev–Trinajstić information content (AvgIpc) is 2.26. The van der Waals surface area contributed by atoms with Gasteiger partial charge >= 0.3 is 5.97 Å². The Labute approximate surface area is 82.1 Å². The number of benzene rings is 1. The van der Waals surface area contributed by atoms with Gasteiger partial charge in [-0.15, -0.1) is 0 Å². The number of nitrogens with zero attached hydrogens (tertiary/aromatic N) is 1. The second-order valence-corrected chi connectivity index (χ2v) is 2.59. The van der Waals surface area contributed by atoms with Gasteiger partial charge in [-0.3, -0.25) is 0 Å². The fourth-order valence-electron chi connectivity index (χ4n) is 0.854. The van der Waals surface area contributed by atoms with E-state index in [0.29, 0.717) is 17.7 Å². The van der Waals surface area contributed by atoms with E-state index in [1.54, 1.807) is 31.2 Å². The van der Waals surface area contributed by atoms with Gasteiger partial charge in [0.25, 0.3) is 0 Å². The Bertz CT molecular complexity index is 369. The van der Waals surface area contributed by atoms with Gasteiger partial charge in [0.15, 0.2) is 0 Å². The standard InChI is InChI=1S/C10H10N2O2/c1-2-10(13)14-12-9-6-4-3-5-8(9)7-11/h3-6,12H,2H2,1H3. The first-order valence-corrected chi connectivity index (χ1v) is 4.22. The summed E-state index contributed by atoms with van der Waals surface area (Å²) in [5.74, 6) is -0.363. The highest BCUT2D eigenvalue weighted by molar-refractivity contribution is 5.70. The minimum Gasteiger partial charge on any atom is -0.343 e. The largest absolute Gasteiger partial charge is 0.343 e. The van der Waals surface area contributed by atoms with E-state index < -0.39 is 0 Å². The molecular weight excluding hydrogens is 180 g/mol. The van der Waals surface area contributed by atoms with Crippen molar-refractivity contribution in [2.24, 2.45) is 0 Å². The van der Waals surface area contributed by atoms with E-state index in [1.807, 2.05) is 6.07 Å². The molecule has 0 radical (unpaired) electrons. The van der Waals surface area contributed by atoms with Crippen LogP contribution in [0.5, 0.6) is 0 Å². The van der Waals surface area contributed by atoms with Gasteiger partial charge in [0, 0.05) is 6.42 Å². The molecule has 0 atom stereocenters.